The van der Waals surface area contributed by atoms with Gasteiger partial charge >= 0.3 is 23.9 Å². The van der Waals surface area contributed by atoms with Crippen molar-refractivity contribution in [3.05, 3.63) is 64.8 Å². The molecule has 1 fully saturated rings. The van der Waals surface area contributed by atoms with Crippen molar-refractivity contribution in [2.24, 2.45) is 0 Å². The van der Waals surface area contributed by atoms with Crippen LogP contribution in [0.4, 0.5) is 55.2 Å². The van der Waals surface area contributed by atoms with Crippen LogP contribution in [0.2, 0.25) is 5.02 Å². The van der Waals surface area contributed by atoms with Gasteiger partial charge in [0.15, 0.2) is 5.82 Å². The number of halogens is 7. The van der Waals surface area contributed by atoms with E-state index >= 15 is 0 Å². The van der Waals surface area contributed by atoms with Gasteiger partial charge in [-0.1, -0.05) is 23.7 Å². The second kappa shape index (κ2) is 13.0. The Balaban J connectivity index is 0.000000301. The second-order valence-electron chi connectivity index (χ2n) is 9.50. The van der Waals surface area contributed by atoms with Crippen molar-refractivity contribution in [2.45, 2.75) is 44.1 Å². The molecule has 0 aliphatic carbocycles. The van der Waals surface area contributed by atoms with Crippen molar-refractivity contribution < 1.29 is 40.7 Å². The molecular weight excluding hydrogens is 606 g/mol. The number of aromatic nitrogens is 2. The average Bonchev–Trinajstić information content (AvgIpc) is 3.49. The lowest BCUT2D eigenvalue weighted by Gasteiger charge is -2.16. The van der Waals surface area contributed by atoms with Crippen LogP contribution in [-0.4, -0.2) is 52.4 Å². The van der Waals surface area contributed by atoms with Crippen molar-refractivity contribution in [1.82, 2.24) is 15.3 Å². The zero-order chi connectivity index (χ0) is 31.4. The van der Waals surface area contributed by atoms with E-state index in [-0.39, 0.29) is 11.9 Å². The van der Waals surface area contributed by atoms with Gasteiger partial charge in [0.2, 0.25) is 11.9 Å². The normalized spacial score (nSPS) is 16.1. The van der Waals surface area contributed by atoms with Crippen LogP contribution >= 0.6 is 11.6 Å². The van der Waals surface area contributed by atoms with Crippen LogP contribution in [0.5, 0.6) is 0 Å². The number of anilines is 5. The molecular formula is C27H23ClF6N6O3. The summed E-state index contributed by atoms with van der Waals surface area (Å²) in [5.74, 6) is -5.80. The maximum Gasteiger partial charge on any atom is 0.458 e. The molecule has 3 aromatic rings. The number of aryl methyl sites for hydroxylation is 2. The molecule has 43 heavy (non-hydrogen) atoms. The lowest BCUT2D eigenvalue weighted by Crippen LogP contribution is -2.39. The lowest BCUT2D eigenvalue weighted by molar-refractivity contribution is -0.193. The number of alkyl halides is 6. The molecule has 1 amide bonds. The Kier molecular flexibility index (Phi) is 9.55. The van der Waals surface area contributed by atoms with Crippen molar-refractivity contribution in [3.8, 4) is 0 Å². The molecule has 1 saturated heterocycles. The van der Waals surface area contributed by atoms with E-state index in [1.54, 1.807) is 6.20 Å². The Hall–Kier alpha value is -4.24. The van der Waals surface area contributed by atoms with Gasteiger partial charge in [0.05, 0.1) is 12.2 Å². The number of rotatable bonds is 3. The maximum atomic E-state index is 12.7. The topological polar surface area (TPSA) is 125 Å². The molecule has 6 bridgehead atoms. The summed E-state index contributed by atoms with van der Waals surface area (Å²) >= 11 is 6.33. The molecule has 0 radical (unpaired) electrons. The number of nitrogens with zero attached hydrogens (tertiary/aromatic N) is 2. The van der Waals surface area contributed by atoms with Gasteiger partial charge < -0.3 is 21.3 Å². The number of nitrogens with one attached hydrogen (secondary N) is 4. The van der Waals surface area contributed by atoms with Gasteiger partial charge in [-0.25, -0.2) is 4.98 Å². The van der Waals surface area contributed by atoms with Gasteiger partial charge in [0, 0.05) is 17.1 Å². The monoisotopic (exact) mass is 628 g/mol. The molecule has 0 saturated carbocycles. The molecule has 228 valence electrons. The minimum atomic E-state index is -5.77. The highest BCUT2D eigenvalue weighted by atomic mass is 35.5. The molecule has 16 heteroatoms. The van der Waals surface area contributed by atoms with Crippen molar-refractivity contribution in [3.63, 3.8) is 0 Å². The van der Waals surface area contributed by atoms with Crippen LogP contribution in [0.15, 0.2) is 48.7 Å². The average molecular weight is 629 g/mol. The van der Waals surface area contributed by atoms with E-state index in [0.29, 0.717) is 16.8 Å². The first-order valence-corrected chi connectivity index (χ1v) is 13.1. The minimum Gasteiger partial charge on any atom is -0.339 e. The third kappa shape index (κ3) is 8.41. The SMILES string of the molecule is O=C(C(=O)C(F)(F)F)C(F)(F)F.O=C(Nc1ccc2cc1CCc1cccc(c1)Nc1ncc(Cl)c(n1)N2)[C@@H]1CCCN1. The number of carbonyl (C=O) groups excluding carboxylic acids is 3. The molecule has 2 aromatic carbocycles. The lowest BCUT2D eigenvalue weighted by atomic mass is 10.0. The highest BCUT2D eigenvalue weighted by Crippen LogP contribution is 2.30. The number of fused-ring (bicyclic) bond motifs is 6. The van der Waals surface area contributed by atoms with Gasteiger partial charge in [-0.15, -0.1) is 0 Å². The molecule has 1 atom stereocenters. The predicted octanol–water partition coefficient (Wildman–Crippen LogP) is 5.66. The van der Waals surface area contributed by atoms with E-state index in [2.05, 4.69) is 43.4 Å². The number of hydrogen-bond acceptors (Lipinski definition) is 8. The van der Waals surface area contributed by atoms with E-state index in [1.807, 2.05) is 30.3 Å². The zero-order valence-electron chi connectivity index (χ0n) is 22.0. The van der Waals surface area contributed by atoms with E-state index in [1.165, 1.54) is 5.56 Å². The quantitative estimate of drug-likeness (QED) is 0.217. The molecule has 0 unspecified atom stereocenters. The number of Topliss-reactive ketones (excluding diaryl/α,β-unsaturated/α-hetero) is 2. The molecule has 5 rings (SSSR count). The van der Waals surface area contributed by atoms with Gasteiger partial charge in [-0.3, -0.25) is 14.4 Å². The summed E-state index contributed by atoms with van der Waals surface area (Å²) in [4.78, 5) is 40.7. The first-order valence-electron chi connectivity index (χ1n) is 12.8. The minimum absolute atomic E-state index is 0.0204. The molecule has 1 aromatic heterocycles. The number of amides is 1. The fourth-order valence-corrected chi connectivity index (χ4v) is 4.39. The molecule has 2 aliphatic heterocycles. The fourth-order valence-electron chi connectivity index (χ4n) is 4.25. The van der Waals surface area contributed by atoms with Crippen LogP contribution in [0.3, 0.4) is 0 Å². The third-order valence-corrected chi connectivity index (χ3v) is 6.61. The van der Waals surface area contributed by atoms with Crippen molar-refractivity contribution in [2.75, 3.05) is 22.5 Å². The Labute approximate surface area is 245 Å². The van der Waals surface area contributed by atoms with Crippen LogP contribution in [-0.2, 0) is 27.2 Å². The summed E-state index contributed by atoms with van der Waals surface area (Å²) in [6.07, 6.45) is -6.45. The maximum absolute atomic E-state index is 12.7. The van der Waals surface area contributed by atoms with Gasteiger partial charge in [-0.05, 0) is 73.7 Å². The van der Waals surface area contributed by atoms with Crippen LogP contribution in [0, 0.1) is 0 Å². The molecule has 0 spiro atoms. The summed E-state index contributed by atoms with van der Waals surface area (Å²) in [5, 5.41) is 13.3. The predicted molar refractivity (Wildman–Crippen MR) is 146 cm³/mol. The fraction of sp³-hybridized carbons (Fsp3) is 0.296. The van der Waals surface area contributed by atoms with E-state index in [0.717, 1.165) is 54.9 Å². The Morgan fingerprint density at radius 3 is 2.26 bits per heavy atom. The summed E-state index contributed by atoms with van der Waals surface area (Å²) in [6, 6.07) is 14.0. The highest BCUT2D eigenvalue weighted by molar-refractivity contribution is 6.41. The Morgan fingerprint density at radius 2 is 1.60 bits per heavy atom. The molecule has 9 nitrogen and oxygen atoms in total. The summed E-state index contributed by atoms with van der Waals surface area (Å²) in [7, 11) is 0. The van der Waals surface area contributed by atoms with Crippen molar-refractivity contribution >= 4 is 57.9 Å². The standard InChI is InChI=1S/C23H23ClN6O.C4F6O2/c24-18-13-26-23-28-16-4-1-3-14(11-16)6-7-15-12-17(27-21(18)30-23)8-9-19(15)29-22(31)20-5-2-10-25-20;5-3(6,7)1(11)2(12)4(8,9)10/h1,3-4,8-9,11-13,20,25H,2,5-7,10H2,(H,29,31)(H2,26,27,28,30);/t20-;/m0./s1. The Bertz CT molecular complexity index is 1500. The highest BCUT2D eigenvalue weighted by Gasteiger charge is 2.54. The zero-order valence-corrected chi connectivity index (χ0v) is 22.8. The van der Waals surface area contributed by atoms with E-state index < -0.39 is 23.9 Å². The first-order chi connectivity index (χ1) is 20.2. The van der Waals surface area contributed by atoms with Crippen molar-refractivity contribution in [1.29, 1.82) is 0 Å². The van der Waals surface area contributed by atoms with Gasteiger partial charge in [0.25, 0.3) is 0 Å². The van der Waals surface area contributed by atoms with Crippen LogP contribution in [0.25, 0.3) is 0 Å². The van der Waals surface area contributed by atoms with E-state index in [4.69, 9.17) is 11.6 Å². The van der Waals surface area contributed by atoms with E-state index in [9.17, 15) is 40.7 Å². The summed E-state index contributed by atoms with van der Waals surface area (Å²) < 4.78 is 67.0. The first kappa shape index (κ1) is 31.7. The van der Waals surface area contributed by atoms with Gasteiger partial charge in [-0.2, -0.15) is 31.3 Å². The number of benzene rings is 2. The van der Waals surface area contributed by atoms with Crippen LogP contribution < -0.4 is 21.3 Å². The Morgan fingerprint density at radius 1 is 0.907 bits per heavy atom. The third-order valence-electron chi connectivity index (χ3n) is 6.33. The van der Waals surface area contributed by atoms with Crippen LogP contribution in [0.1, 0.15) is 24.0 Å². The molecule has 3 heterocycles. The number of carbonyl (C=O) groups is 3. The summed E-state index contributed by atoms with van der Waals surface area (Å²) in [6.45, 7) is 0.889. The largest absolute Gasteiger partial charge is 0.458 e. The molecule has 2 aliphatic rings. The number of hydrogen-bond donors (Lipinski definition) is 4. The summed E-state index contributed by atoms with van der Waals surface area (Å²) in [5.41, 5.74) is 4.84. The van der Waals surface area contributed by atoms with Gasteiger partial charge in [0.1, 0.15) is 5.02 Å². The molecule has 4 N–H and O–H groups in total. The second-order valence-corrected chi connectivity index (χ2v) is 9.91. The number of ketones is 2. The smallest absolute Gasteiger partial charge is 0.339 e.